The third-order valence-corrected chi connectivity index (χ3v) is 7.84. The van der Waals surface area contributed by atoms with Crippen molar-refractivity contribution in [2.24, 2.45) is 4.99 Å². The molecule has 1 aliphatic heterocycles. The molecule has 0 saturated heterocycles. The number of carbonyl (C=O) groups is 1. The Morgan fingerprint density at radius 1 is 1.38 bits per heavy atom. The van der Waals surface area contributed by atoms with Gasteiger partial charge in [-0.3, -0.25) is 9.79 Å². The van der Waals surface area contributed by atoms with Crippen LogP contribution in [0.1, 0.15) is 30.3 Å². The number of nitrogens with one attached hydrogen (secondary N) is 2. The Hall–Kier alpha value is -2.85. The van der Waals surface area contributed by atoms with Crippen molar-refractivity contribution >= 4 is 45.4 Å². The molecule has 3 N–H and O–H groups in total. The Kier molecular flexibility index (Phi) is 7.27. The van der Waals surface area contributed by atoms with E-state index in [-0.39, 0.29) is 17.8 Å². The summed E-state index contributed by atoms with van der Waals surface area (Å²) in [6.45, 7) is 5.75. The summed E-state index contributed by atoms with van der Waals surface area (Å²) in [5.74, 6) is -0.651. The monoisotopic (exact) mass is 500 g/mol. The number of thioether (sulfide) groups is 2. The number of halogens is 1. The second kappa shape index (κ2) is 10.2. The molecule has 0 fully saturated rings. The minimum Gasteiger partial charge on any atom is -0.479 e. The highest BCUT2D eigenvalue weighted by Gasteiger charge is 2.43. The van der Waals surface area contributed by atoms with Crippen molar-refractivity contribution in [1.82, 2.24) is 15.0 Å². The van der Waals surface area contributed by atoms with Crippen LogP contribution in [0.3, 0.4) is 0 Å². The molecular weight excluding hydrogens is 475 g/mol. The highest BCUT2D eigenvalue weighted by atomic mass is 32.2. The summed E-state index contributed by atoms with van der Waals surface area (Å²) < 4.78 is 13.5. The molecule has 7 nitrogen and oxygen atoms in total. The number of aliphatic imine (C=N–C) groups is 1. The minimum absolute atomic E-state index is 0.169. The predicted octanol–water partition coefficient (Wildman–Crippen LogP) is 4.37. The number of aliphatic carboxylic acids is 1. The number of benzene rings is 1. The van der Waals surface area contributed by atoms with Gasteiger partial charge in [-0.25, -0.2) is 14.2 Å². The van der Waals surface area contributed by atoms with Gasteiger partial charge in [0.05, 0.1) is 10.7 Å². The highest BCUT2D eigenvalue weighted by molar-refractivity contribution is 8.16. The van der Waals surface area contributed by atoms with Crippen LogP contribution < -0.4 is 5.56 Å². The maximum atomic E-state index is 13.5. The summed E-state index contributed by atoms with van der Waals surface area (Å²) in [5, 5.41) is 12.0. The van der Waals surface area contributed by atoms with Crippen LogP contribution in [0.4, 0.5) is 4.39 Å². The van der Waals surface area contributed by atoms with Crippen LogP contribution >= 0.6 is 23.5 Å². The average Bonchev–Trinajstić information content (AvgIpc) is 3.39. The lowest BCUT2D eigenvalue weighted by molar-refractivity contribution is -0.142. The minimum atomic E-state index is -1.30. The number of rotatable bonds is 10. The lowest BCUT2D eigenvalue weighted by Gasteiger charge is -2.19. The molecule has 1 aliphatic rings. The molecule has 1 aromatic carbocycles. The van der Waals surface area contributed by atoms with Crippen molar-refractivity contribution in [2.45, 2.75) is 43.3 Å². The molecule has 10 heteroatoms. The molecule has 2 aromatic heterocycles. The van der Waals surface area contributed by atoms with Crippen molar-refractivity contribution in [3.8, 4) is 0 Å². The van der Waals surface area contributed by atoms with Crippen molar-refractivity contribution in [3.05, 3.63) is 70.0 Å². The molecule has 0 aliphatic carbocycles. The van der Waals surface area contributed by atoms with E-state index in [9.17, 15) is 19.1 Å². The molecule has 0 radical (unpaired) electrons. The van der Waals surface area contributed by atoms with Crippen LogP contribution in [0.2, 0.25) is 0 Å². The molecular formula is C24H25FN4O3S2. The summed E-state index contributed by atoms with van der Waals surface area (Å²) in [4.78, 5) is 39.8. The summed E-state index contributed by atoms with van der Waals surface area (Å²) in [5.41, 5.74) is 1.24. The SMILES string of the molecule is C=CCc1c(CCC)nc(SCC2=NC(Cc3cc4ccc(F)cc4[nH]3)(C(=O)O)CS2)[nH]c1=O. The van der Waals surface area contributed by atoms with Crippen molar-refractivity contribution in [3.63, 3.8) is 0 Å². The maximum Gasteiger partial charge on any atom is 0.332 e. The fourth-order valence-electron chi connectivity index (χ4n) is 3.94. The normalized spacial score (nSPS) is 17.8. The fraction of sp³-hybridized carbons (Fsp3) is 0.333. The van der Waals surface area contributed by atoms with Gasteiger partial charge in [0.2, 0.25) is 0 Å². The van der Waals surface area contributed by atoms with Crippen molar-refractivity contribution < 1.29 is 14.3 Å². The number of carboxylic acids is 1. The predicted molar refractivity (Wildman–Crippen MR) is 136 cm³/mol. The second-order valence-electron chi connectivity index (χ2n) is 8.16. The third kappa shape index (κ3) is 5.12. The Morgan fingerprint density at radius 3 is 2.94 bits per heavy atom. The Morgan fingerprint density at radius 2 is 2.21 bits per heavy atom. The van der Waals surface area contributed by atoms with E-state index >= 15 is 0 Å². The fourth-order valence-corrected chi connectivity index (χ4v) is 6.05. The number of aromatic nitrogens is 3. The van der Waals surface area contributed by atoms with Crippen LogP contribution in [0.15, 0.2) is 51.9 Å². The molecule has 178 valence electrons. The molecule has 3 heterocycles. The van der Waals surface area contributed by atoms with Gasteiger partial charge >= 0.3 is 5.97 Å². The second-order valence-corrected chi connectivity index (χ2v) is 10.2. The van der Waals surface area contributed by atoms with Gasteiger partial charge in [-0.1, -0.05) is 31.2 Å². The van der Waals surface area contributed by atoms with E-state index in [1.807, 2.05) is 13.0 Å². The molecule has 1 atom stereocenters. The first kappa shape index (κ1) is 24.3. The van der Waals surface area contributed by atoms with Crippen LogP contribution in [0.5, 0.6) is 0 Å². The Bertz CT molecular complexity index is 1330. The zero-order valence-electron chi connectivity index (χ0n) is 18.7. The molecule has 34 heavy (non-hydrogen) atoms. The van der Waals surface area contributed by atoms with E-state index in [2.05, 4.69) is 26.5 Å². The van der Waals surface area contributed by atoms with Gasteiger partial charge in [-0.2, -0.15) is 0 Å². The quantitative estimate of drug-likeness (QED) is 0.217. The number of allylic oxidation sites excluding steroid dienone is 1. The summed E-state index contributed by atoms with van der Waals surface area (Å²) >= 11 is 2.73. The highest BCUT2D eigenvalue weighted by Crippen LogP contribution is 2.34. The number of hydrogen-bond acceptors (Lipinski definition) is 6. The number of aromatic amines is 2. The number of carboxylic acid groups (broad SMARTS) is 1. The smallest absolute Gasteiger partial charge is 0.332 e. The summed E-state index contributed by atoms with van der Waals surface area (Å²) in [6.07, 6.45) is 3.90. The van der Waals surface area contributed by atoms with Crippen LogP contribution in [0.25, 0.3) is 10.9 Å². The van der Waals surface area contributed by atoms with Crippen molar-refractivity contribution in [2.75, 3.05) is 11.5 Å². The standard InChI is InChI=1S/C24H25FN4O3S2/c1-3-5-17-18(6-4-2)27-23(28-21(17)30)33-12-20-29-24(13-34-20,22(31)32)11-16-9-14-7-8-15(25)10-19(14)26-16/h3,7-10,26H,1,4-6,11-13H2,2H3,(H,31,32)(H,27,28,30). The maximum absolute atomic E-state index is 13.5. The van der Waals surface area contributed by atoms with Gasteiger partial charge < -0.3 is 15.1 Å². The van der Waals surface area contributed by atoms with Crippen LogP contribution in [0, 0.1) is 5.82 Å². The Labute approximate surface area is 204 Å². The van der Waals surface area contributed by atoms with Gasteiger partial charge in [-0.15, -0.1) is 18.3 Å². The first-order valence-corrected chi connectivity index (χ1v) is 12.9. The van der Waals surface area contributed by atoms with Crippen molar-refractivity contribution in [1.29, 1.82) is 0 Å². The number of nitrogens with zero attached hydrogens (tertiary/aromatic N) is 2. The van der Waals surface area contributed by atoms with Gasteiger partial charge in [-0.05, 0) is 42.5 Å². The topological polar surface area (TPSA) is 111 Å². The molecule has 0 spiro atoms. The van der Waals surface area contributed by atoms with E-state index in [1.165, 1.54) is 35.7 Å². The number of aryl methyl sites for hydroxylation is 1. The van der Waals surface area contributed by atoms with E-state index in [1.54, 1.807) is 12.1 Å². The van der Waals surface area contributed by atoms with E-state index in [0.29, 0.717) is 51.3 Å². The first-order chi connectivity index (χ1) is 16.3. The number of H-pyrrole nitrogens is 2. The zero-order valence-corrected chi connectivity index (χ0v) is 20.3. The molecule has 0 amide bonds. The van der Waals surface area contributed by atoms with Crippen LogP contribution in [-0.2, 0) is 24.1 Å². The molecule has 0 bridgehead atoms. The number of hydrogen-bond donors (Lipinski definition) is 3. The zero-order chi connectivity index (χ0) is 24.3. The first-order valence-electron chi connectivity index (χ1n) is 10.9. The molecule has 4 rings (SSSR count). The lowest BCUT2D eigenvalue weighted by atomic mass is 9.96. The van der Waals surface area contributed by atoms with E-state index < -0.39 is 11.5 Å². The summed E-state index contributed by atoms with van der Waals surface area (Å²) in [7, 11) is 0. The third-order valence-electron chi connectivity index (χ3n) is 5.58. The molecule has 0 saturated carbocycles. The Balaban J connectivity index is 1.52. The summed E-state index contributed by atoms with van der Waals surface area (Å²) in [6, 6.07) is 6.26. The van der Waals surface area contributed by atoms with Gasteiger partial charge in [0.25, 0.3) is 5.56 Å². The number of fused-ring (bicyclic) bond motifs is 1. The van der Waals surface area contributed by atoms with Gasteiger partial charge in [0, 0.05) is 34.7 Å². The molecule has 3 aromatic rings. The lowest BCUT2D eigenvalue weighted by Crippen LogP contribution is -2.39. The molecule has 1 unspecified atom stereocenters. The van der Waals surface area contributed by atoms with Crippen LogP contribution in [-0.4, -0.2) is 48.1 Å². The average molecular weight is 501 g/mol. The van der Waals surface area contributed by atoms with E-state index in [0.717, 1.165) is 17.5 Å². The van der Waals surface area contributed by atoms with Gasteiger partial charge in [0.15, 0.2) is 10.7 Å². The largest absolute Gasteiger partial charge is 0.479 e. The van der Waals surface area contributed by atoms with Gasteiger partial charge in [0.1, 0.15) is 5.82 Å². The van der Waals surface area contributed by atoms with E-state index in [4.69, 9.17) is 0 Å².